The normalized spacial score (nSPS) is 18.7. The third-order valence-corrected chi connectivity index (χ3v) is 2.43. The van der Waals surface area contributed by atoms with Crippen LogP contribution in [-0.4, -0.2) is 36.6 Å². The van der Waals surface area contributed by atoms with E-state index < -0.39 is 6.10 Å². The predicted molar refractivity (Wildman–Crippen MR) is 49.4 cm³/mol. The van der Waals surface area contributed by atoms with Crippen LogP contribution in [0.2, 0.25) is 0 Å². The van der Waals surface area contributed by atoms with Crippen LogP contribution in [0.5, 0.6) is 0 Å². The highest BCUT2D eigenvalue weighted by Gasteiger charge is 2.15. The van der Waals surface area contributed by atoms with Crippen LogP contribution in [0.25, 0.3) is 0 Å². The van der Waals surface area contributed by atoms with Crippen LogP contribution < -0.4 is 5.32 Å². The molecule has 1 unspecified atom stereocenters. The van der Waals surface area contributed by atoms with Gasteiger partial charge in [-0.05, 0) is 6.92 Å². The molecule has 0 aromatic heterocycles. The van der Waals surface area contributed by atoms with Crippen molar-refractivity contribution >= 4 is 22.8 Å². The average molecular weight is 188 g/mol. The Morgan fingerprint density at radius 2 is 2.58 bits per heavy atom. The molecule has 0 aliphatic carbocycles. The lowest BCUT2D eigenvalue weighted by molar-refractivity contribution is -0.128. The van der Waals surface area contributed by atoms with Gasteiger partial charge >= 0.3 is 0 Å². The van der Waals surface area contributed by atoms with Crippen LogP contribution in [0, 0.1) is 0 Å². The molecule has 68 valence electrons. The van der Waals surface area contributed by atoms with Crippen molar-refractivity contribution in [3.05, 3.63) is 0 Å². The SMILES string of the molecule is COC(C)C(=O)NC1=NCCS1. The van der Waals surface area contributed by atoms with Gasteiger partial charge in [-0.3, -0.25) is 9.79 Å². The zero-order valence-electron chi connectivity index (χ0n) is 7.16. The molecule has 1 heterocycles. The van der Waals surface area contributed by atoms with Gasteiger partial charge in [-0.25, -0.2) is 0 Å². The number of thioether (sulfide) groups is 1. The Morgan fingerprint density at radius 1 is 1.83 bits per heavy atom. The molecular weight excluding hydrogens is 176 g/mol. The molecule has 0 saturated heterocycles. The van der Waals surface area contributed by atoms with Crippen molar-refractivity contribution in [3.8, 4) is 0 Å². The topological polar surface area (TPSA) is 50.7 Å². The van der Waals surface area contributed by atoms with Crippen molar-refractivity contribution in [1.82, 2.24) is 5.32 Å². The summed E-state index contributed by atoms with van der Waals surface area (Å²) in [5.74, 6) is 0.822. The fourth-order valence-corrected chi connectivity index (χ4v) is 1.46. The molecule has 0 spiro atoms. The summed E-state index contributed by atoms with van der Waals surface area (Å²) in [7, 11) is 1.51. The molecule has 0 radical (unpaired) electrons. The molecule has 12 heavy (non-hydrogen) atoms. The number of nitrogens with zero attached hydrogens (tertiary/aromatic N) is 1. The van der Waals surface area contributed by atoms with E-state index in [2.05, 4.69) is 10.3 Å². The molecule has 0 bridgehead atoms. The van der Waals surface area contributed by atoms with Gasteiger partial charge in [0.05, 0.1) is 6.54 Å². The second kappa shape index (κ2) is 4.47. The van der Waals surface area contributed by atoms with Crippen molar-refractivity contribution in [2.24, 2.45) is 4.99 Å². The van der Waals surface area contributed by atoms with E-state index in [-0.39, 0.29) is 5.91 Å². The van der Waals surface area contributed by atoms with Crippen molar-refractivity contribution in [1.29, 1.82) is 0 Å². The number of aliphatic imine (C=N–C) groups is 1. The van der Waals surface area contributed by atoms with Gasteiger partial charge in [-0.15, -0.1) is 0 Å². The molecule has 1 aliphatic rings. The third kappa shape index (κ3) is 2.49. The van der Waals surface area contributed by atoms with Crippen LogP contribution in [0.1, 0.15) is 6.92 Å². The molecule has 1 aliphatic heterocycles. The summed E-state index contributed by atoms with van der Waals surface area (Å²) in [6.07, 6.45) is -0.408. The first-order valence-corrected chi connectivity index (χ1v) is 4.73. The zero-order chi connectivity index (χ0) is 8.97. The molecule has 1 amide bonds. The molecule has 0 fully saturated rings. The van der Waals surface area contributed by atoms with E-state index in [0.29, 0.717) is 5.17 Å². The summed E-state index contributed by atoms with van der Waals surface area (Å²) in [5.41, 5.74) is 0. The minimum Gasteiger partial charge on any atom is -0.372 e. The maximum Gasteiger partial charge on any atom is 0.254 e. The molecular formula is C7H12N2O2S. The van der Waals surface area contributed by atoms with Crippen LogP contribution >= 0.6 is 11.8 Å². The van der Waals surface area contributed by atoms with Crippen LogP contribution in [-0.2, 0) is 9.53 Å². The number of hydrogen-bond donors (Lipinski definition) is 1. The Labute approximate surface area is 75.8 Å². The number of methoxy groups -OCH3 is 1. The second-order valence-electron chi connectivity index (χ2n) is 2.40. The third-order valence-electron chi connectivity index (χ3n) is 1.54. The van der Waals surface area contributed by atoms with Crippen molar-refractivity contribution in [2.45, 2.75) is 13.0 Å². The number of ether oxygens (including phenoxy) is 1. The van der Waals surface area contributed by atoms with E-state index in [1.165, 1.54) is 7.11 Å². The van der Waals surface area contributed by atoms with Gasteiger partial charge in [0, 0.05) is 12.9 Å². The number of rotatable bonds is 2. The zero-order valence-corrected chi connectivity index (χ0v) is 7.98. The van der Waals surface area contributed by atoms with Gasteiger partial charge in [0.15, 0.2) is 5.17 Å². The molecule has 1 N–H and O–H groups in total. The minimum absolute atomic E-state index is 0.134. The van der Waals surface area contributed by atoms with E-state index in [9.17, 15) is 4.79 Å². The highest BCUT2D eigenvalue weighted by atomic mass is 32.2. The second-order valence-corrected chi connectivity index (χ2v) is 3.49. The molecule has 0 aromatic carbocycles. The summed E-state index contributed by atoms with van der Waals surface area (Å²) >= 11 is 1.56. The molecule has 0 aromatic rings. The highest BCUT2D eigenvalue weighted by Crippen LogP contribution is 2.08. The van der Waals surface area contributed by atoms with E-state index in [4.69, 9.17) is 4.74 Å². The number of nitrogens with one attached hydrogen (secondary N) is 1. The predicted octanol–water partition coefficient (Wildman–Crippen LogP) is 0.240. The summed E-state index contributed by atoms with van der Waals surface area (Å²) in [6.45, 7) is 2.50. The molecule has 1 atom stereocenters. The van der Waals surface area contributed by atoms with Crippen LogP contribution in [0.3, 0.4) is 0 Å². The first-order chi connectivity index (χ1) is 5.74. The summed E-state index contributed by atoms with van der Waals surface area (Å²) in [4.78, 5) is 15.3. The van der Waals surface area contributed by atoms with E-state index in [0.717, 1.165) is 12.3 Å². The molecule has 1 rings (SSSR count). The quantitative estimate of drug-likeness (QED) is 0.675. The smallest absolute Gasteiger partial charge is 0.254 e. The summed E-state index contributed by atoms with van der Waals surface area (Å²) in [6, 6.07) is 0. The standard InChI is InChI=1S/C7H12N2O2S/c1-5(11-2)6(10)9-7-8-3-4-12-7/h5H,3-4H2,1-2H3,(H,8,9,10). The van der Waals surface area contributed by atoms with E-state index >= 15 is 0 Å². The van der Waals surface area contributed by atoms with Gasteiger partial charge in [-0.1, -0.05) is 11.8 Å². The lowest BCUT2D eigenvalue weighted by Gasteiger charge is -2.08. The van der Waals surface area contributed by atoms with Crippen molar-refractivity contribution in [3.63, 3.8) is 0 Å². The number of carbonyl (C=O) groups is 1. The Balaban J connectivity index is 2.35. The number of amidine groups is 1. The molecule has 0 saturated carbocycles. The van der Waals surface area contributed by atoms with Gasteiger partial charge < -0.3 is 10.1 Å². The average Bonchev–Trinajstić information content (AvgIpc) is 2.55. The van der Waals surface area contributed by atoms with Gasteiger partial charge in [0.25, 0.3) is 5.91 Å². The number of carbonyl (C=O) groups excluding carboxylic acids is 1. The number of amides is 1. The first kappa shape index (κ1) is 9.54. The van der Waals surface area contributed by atoms with E-state index in [1.807, 2.05) is 0 Å². The Hall–Kier alpha value is -0.550. The van der Waals surface area contributed by atoms with Crippen molar-refractivity contribution in [2.75, 3.05) is 19.4 Å². The number of hydrogen-bond acceptors (Lipinski definition) is 4. The Morgan fingerprint density at radius 3 is 3.08 bits per heavy atom. The molecule has 5 heteroatoms. The Kier molecular flexibility index (Phi) is 3.55. The monoisotopic (exact) mass is 188 g/mol. The molecule has 4 nitrogen and oxygen atoms in total. The minimum atomic E-state index is -0.408. The van der Waals surface area contributed by atoms with Gasteiger partial charge in [0.2, 0.25) is 0 Å². The van der Waals surface area contributed by atoms with Crippen molar-refractivity contribution < 1.29 is 9.53 Å². The Bertz CT molecular complexity index is 206. The highest BCUT2D eigenvalue weighted by molar-refractivity contribution is 8.14. The maximum absolute atomic E-state index is 11.2. The summed E-state index contributed by atoms with van der Waals surface area (Å²) < 4.78 is 4.85. The lowest BCUT2D eigenvalue weighted by Crippen LogP contribution is -2.36. The lowest BCUT2D eigenvalue weighted by atomic mass is 10.4. The van der Waals surface area contributed by atoms with E-state index in [1.54, 1.807) is 18.7 Å². The fourth-order valence-electron chi connectivity index (χ4n) is 0.725. The first-order valence-electron chi connectivity index (χ1n) is 3.75. The van der Waals surface area contributed by atoms with Crippen LogP contribution in [0.4, 0.5) is 0 Å². The van der Waals surface area contributed by atoms with Gasteiger partial charge in [-0.2, -0.15) is 0 Å². The van der Waals surface area contributed by atoms with Crippen LogP contribution in [0.15, 0.2) is 4.99 Å². The summed E-state index contributed by atoms with van der Waals surface area (Å²) in [5, 5.41) is 3.39. The largest absolute Gasteiger partial charge is 0.372 e. The van der Waals surface area contributed by atoms with Gasteiger partial charge in [0.1, 0.15) is 6.10 Å². The maximum atomic E-state index is 11.2. The fraction of sp³-hybridized carbons (Fsp3) is 0.714.